The third-order valence-corrected chi connectivity index (χ3v) is 2.77. The molecule has 0 aliphatic carbocycles. The fourth-order valence-corrected chi connectivity index (χ4v) is 1.94. The molecule has 1 aromatic carbocycles. The summed E-state index contributed by atoms with van der Waals surface area (Å²) in [6.07, 6.45) is -4.58. The molecule has 0 spiro atoms. The van der Waals surface area contributed by atoms with Crippen LogP contribution in [-0.2, 0) is 6.18 Å². The van der Waals surface area contributed by atoms with E-state index in [2.05, 4.69) is 26.0 Å². The highest BCUT2D eigenvalue weighted by molar-refractivity contribution is 9.10. The minimum Gasteiger partial charge on any atom is -0.366 e. The number of alkyl halides is 3. The molecule has 0 aliphatic rings. The molecule has 0 saturated heterocycles. The van der Waals surface area contributed by atoms with Crippen LogP contribution in [0.3, 0.4) is 0 Å². The Morgan fingerprint density at radius 3 is 2.53 bits per heavy atom. The lowest BCUT2D eigenvalue weighted by Crippen LogP contribution is -2.09. The number of nitrogens with zero attached hydrogens (tertiary/aromatic N) is 4. The van der Waals surface area contributed by atoms with Gasteiger partial charge >= 0.3 is 6.18 Å². The van der Waals surface area contributed by atoms with Crippen molar-refractivity contribution in [2.75, 3.05) is 5.73 Å². The first-order valence-corrected chi connectivity index (χ1v) is 5.62. The molecule has 5 nitrogen and oxygen atoms in total. The predicted molar refractivity (Wildman–Crippen MR) is 63.2 cm³/mol. The van der Waals surface area contributed by atoms with Gasteiger partial charge in [-0.1, -0.05) is 0 Å². The van der Waals surface area contributed by atoms with Gasteiger partial charge in [0.05, 0.1) is 22.9 Å². The van der Waals surface area contributed by atoms with Gasteiger partial charge in [0, 0.05) is 0 Å². The number of aromatic nitrogens is 3. The molecule has 9 heteroatoms. The maximum absolute atomic E-state index is 12.6. The number of rotatable bonds is 1. The Balaban J connectivity index is 2.58. The zero-order valence-electron chi connectivity index (χ0n) is 9.11. The van der Waals surface area contributed by atoms with Gasteiger partial charge in [-0.25, -0.2) is 4.68 Å². The quantitative estimate of drug-likeness (QED) is 0.870. The van der Waals surface area contributed by atoms with Crippen molar-refractivity contribution in [3.05, 3.63) is 34.1 Å². The van der Waals surface area contributed by atoms with E-state index in [1.807, 2.05) is 0 Å². The molecule has 1 heterocycles. The fraction of sp³-hybridized carbons (Fsp3) is 0.100. The monoisotopic (exact) mass is 331 g/mol. The Hall–Kier alpha value is -2.08. The van der Waals surface area contributed by atoms with E-state index in [1.54, 1.807) is 0 Å². The summed E-state index contributed by atoms with van der Waals surface area (Å²) >= 11 is 3.06. The largest absolute Gasteiger partial charge is 0.417 e. The number of nitriles is 1. The summed E-state index contributed by atoms with van der Waals surface area (Å²) in [5.74, 6) is -0.0368. The third kappa shape index (κ3) is 2.53. The van der Waals surface area contributed by atoms with E-state index in [-0.39, 0.29) is 16.4 Å². The second-order valence-corrected chi connectivity index (χ2v) is 4.20. The molecule has 2 N–H and O–H groups in total. The molecule has 0 atom stereocenters. The van der Waals surface area contributed by atoms with Crippen LogP contribution in [0.2, 0.25) is 0 Å². The summed E-state index contributed by atoms with van der Waals surface area (Å²) in [5.41, 5.74) is 4.13. The van der Waals surface area contributed by atoms with Crippen LogP contribution < -0.4 is 5.73 Å². The van der Waals surface area contributed by atoms with Crippen LogP contribution in [0.15, 0.2) is 22.9 Å². The van der Waals surface area contributed by atoms with E-state index in [1.165, 1.54) is 16.8 Å². The maximum Gasteiger partial charge on any atom is 0.417 e. The summed E-state index contributed by atoms with van der Waals surface area (Å²) in [5, 5.41) is 12.6. The molecule has 0 unspecified atom stereocenters. The van der Waals surface area contributed by atoms with Gasteiger partial charge in [0.1, 0.15) is 0 Å². The van der Waals surface area contributed by atoms with Crippen LogP contribution in [0.5, 0.6) is 0 Å². The first kappa shape index (κ1) is 13.4. The minimum atomic E-state index is -4.58. The minimum absolute atomic E-state index is 0.0368. The lowest BCUT2D eigenvalue weighted by molar-refractivity contribution is -0.137. The molecule has 2 aromatic rings. The number of halogens is 4. The molecule has 98 valence electrons. The number of benzene rings is 1. The lowest BCUT2D eigenvalue weighted by Gasteiger charge is -2.10. The van der Waals surface area contributed by atoms with Gasteiger partial charge in [0.25, 0.3) is 0 Å². The molecule has 0 aliphatic heterocycles. The average molecular weight is 332 g/mol. The molecule has 19 heavy (non-hydrogen) atoms. The van der Waals surface area contributed by atoms with E-state index in [4.69, 9.17) is 11.0 Å². The molecule has 0 saturated carbocycles. The number of hydrogen-bond donors (Lipinski definition) is 1. The van der Waals surface area contributed by atoms with Gasteiger partial charge in [-0.15, -0.1) is 5.10 Å². The number of nitrogen functional groups attached to an aromatic ring is 1. The normalized spacial score (nSPS) is 11.3. The Morgan fingerprint density at radius 2 is 2.05 bits per heavy atom. The fourth-order valence-electron chi connectivity index (χ4n) is 1.48. The number of nitrogens with two attached hydrogens (primary N) is 1. The zero-order valence-corrected chi connectivity index (χ0v) is 10.7. The van der Waals surface area contributed by atoms with Crippen LogP contribution in [0.25, 0.3) is 5.69 Å². The van der Waals surface area contributed by atoms with Crippen molar-refractivity contribution in [3.63, 3.8) is 0 Å². The standard InChI is InChI=1S/C10H5BrF3N5/c11-8-17-9(16)18-19(8)6-1-2-7(10(12,13)14)5(3-6)4-15/h1-3H,(H2,16,18). The van der Waals surface area contributed by atoms with Crippen molar-refractivity contribution < 1.29 is 13.2 Å². The summed E-state index contributed by atoms with van der Waals surface area (Å²) < 4.78 is 39.3. The highest BCUT2D eigenvalue weighted by Crippen LogP contribution is 2.33. The van der Waals surface area contributed by atoms with Gasteiger partial charge < -0.3 is 5.73 Å². The molecular weight excluding hydrogens is 327 g/mol. The Kier molecular flexibility index (Phi) is 3.20. The predicted octanol–water partition coefficient (Wildman–Crippen LogP) is 2.50. The highest BCUT2D eigenvalue weighted by atomic mass is 79.9. The van der Waals surface area contributed by atoms with Crippen LogP contribution in [0.4, 0.5) is 19.1 Å². The summed E-state index contributed by atoms with van der Waals surface area (Å²) in [6, 6.07) is 4.58. The SMILES string of the molecule is N#Cc1cc(-n2nc(N)nc2Br)ccc1C(F)(F)F. The van der Waals surface area contributed by atoms with Crippen LogP contribution in [0.1, 0.15) is 11.1 Å². The first-order chi connectivity index (χ1) is 8.82. The second-order valence-electron chi connectivity index (χ2n) is 3.49. The van der Waals surface area contributed by atoms with Crippen molar-refractivity contribution in [3.8, 4) is 11.8 Å². The average Bonchev–Trinajstić information content (AvgIpc) is 2.66. The van der Waals surface area contributed by atoms with Crippen molar-refractivity contribution in [2.24, 2.45) is 0 Å². The van der Waals surface area contributed by atoms with Crippen molar-refractivity contribution in [1.82, 2.24) is 14.8 Å². The van der Waals surface area contributed by atoms with Gasteiger partial charge in [-0.2, -0.15) is 23.4 Å². The molecule has 0 fully saturated rings. The number of hydrogen-bond acceptors (Lipinski definition) is 4. The molecule has 0 amide bonds. The van der Waals surface area contributed by atoms with Crippen molar-refractivity contribution in [2.45, 2.75) is 6.18 Å². The topological polar surface area (TPSA) is 80.5 Å². The molecule has 2 rings (SSSR count). The Bertz CT molecular complexity index is 671. The maximum atomic E-state index is 12.6. The van der Waals surface area contributed by atoms with E-state index in [9.17, 15) is 13.2 Å². The van der Waals surface area contributed by atoms with Gasteiger partial charge in [-0.05, 0) is 34.1 Å². The van der Waals surface area contributed by atoms with Crippen LogP contribution in [-0.4, -0.2) is 14.8 Å². The molecular formula is C10H5BrF3N5. The molecule has 0 bridgehead atoms. The Labute approximate surface area is 113 Å². The highest BCUT2D eigenvalue weighted by Gasteiger charge is 2.33. The van der Waals surface area contributed by atoms with E-state index in [0.717, 1.165) is 12.1 Å². The second kappa shape index (κ2) is 4.55. The summed E-state index contributed by atoms with van der Waals surface area (Å²) in [7, 11) is 0. The lowest BCUT2D eigenvalue weighted by atomic mass is 10.1. The van der Waals surface area contributed by atoms with Gasteiger partial charge in [-0.3, -0.25) is 0 Å². The first-order valence-electron chi connectivity index (χ1n) is 4.82. The molecule has 0 radical (unpaired) electrons. The van der Waals surface area contributed by atoms with Crippen molar-refractivity contribution in [1.29, 1.82) is 5.26 Å². The molecule has 1 aromatic heterocycles. The van der Waals surface area contributed by atoms with Crippen LogP contribution >= 0.6 is 15.9 Å². The summed E-state index contributed by atoms with van der Waals surface area (Å²) in [4.78, 5) is 3.76. The van der Waals surface area contributed by atoms with Gasteiger partial charge in [0.2, 0.25) is 10.7 Å². The summed E-state index contributed by atoms with van der Waals surface area (Å²) in [6.45, 7) is 0. The van der Waals surface area contributed by atoms with E-state index < -0.39 is 17.3 Å². The van der Waals surface area contributed by atoms with E-state index in [0.29, 0.717) is 0 Å². The Morgan fingerprint density at radius 1 is 1.37 bits per heavy atom. The zero-order chi connectivity index (χ0) is 14.2. The van der Waals surface area contributed by atoms with Crippen LogP contribution in [0, 0.1) is 11.3 Å². The van der Waals surface area contributed by atoms with Crippen molar-refractivity contribution >= 4 is 21.9 Å². The third-order valence-electron chi connectivity index (χ3n) is 2.26. The smallest absolute Gasteiger partial charge is 0.366 e. The number of anilines is 1. The van der Waals surface area contributed by atoms with Gasteiger partial charge in [0.15, 0.2) is 0 Å². The van der Waals surface area contributed by atoms with E-state index >= 15 is 0 Å².